The first-order chi connectivity index (χ1) is 16.8. The lowest BCUT2D eigenvalue weighted by Crippen LogP contribution is -2.52. The van der Waals surface area contributed by atoms with Gasteiger partial charge in [0.2, 0.25) is 0 Å². The number of benzene rings is 2. The van der Waals surface area contributed by atoms with Crippen molar-refractivity contribution in [2.75, 3.05) is 45.2 Å². The Morgan fingerprint density at radius 3 is 2.34 bits per heavy atom. The van der Waals surface area contributed by atoms with Crippen molar-refractivity contribution in [3.8, 4) is 5.75 Å². The van der Waals surface area contributed by atoms with E-state index < -0.39 is 11.0 Å². The maximum atomic E-state index is 12.8. The smallest absolute Gasteiger partial charge is 0.329 e. The standard InChI is InChI=1S/C25H32Cl2N4O3S/c1-29(2)23-5-3-4-6-24(23)35(33)28-25(32)31-13-9-18(10-14-31)30-15-11-19(12-16-30)34-20-7-8-21(26)22(27)17-20/h3-8,17-19H,9-16H2,1-2H3,(H,28,32). The Balaban J connectivity index is 1.22. The number of hydrogen-bond donors (Lipinski definition) is 1. The second-order valence-electron chi connectivity index (χ2n) is 9.19. The largest absolute Gasteiger partial charge is 0.490 e. The molecule has 2 amide bonds. The fraction of sp³-hybridized carbons (Fsp3) is 0.480. The summed E-state index contributed by atoms with van der Waals surface area (Å²) in [4.78, 5) is 19.5. The molecular weight excluding hydrogens is 507 g/mol. The van der Waals surface area contributed by atoms with Crippen molar-refractivity contribution in [1.29, 1.82) is 0 Å². The summed E-state index contributed by atoms with van der Waals surface area (Å²) < 4.78 is 21.6. The van der Waals surface area contributed by atoms with Crippen LogP contribution in [0, 0.1) is 0 Å². The minimum Gasteiger partial charge on any atom is -0.490 e. The number of ether oxygens (including phenoxy) is 1. The summed E-state index contributed by atoms with van der Waals surface area (Å²) >= 11 is 12.1. The van der Waals surface area contributed by atoms with Gasteiger partial charge in [0.15, 0.2) is 11.0 Å². The van der Waals surface area contributed by atoms with E-state index in [0.717, 1.165) is 50.2 Å². The first-order valence-corrected chi connectivity index (χ1v) is 13.8. The van der Waals surface area contributed by atoms with E-state index >= 15 is 0 Å². The van der Waals surface area contributed by atoms with E-state index in [1.165, 1.54) is 0 Å². The molecule has 0 bridgehead atoms. The van der Waals surface area contributed by atoms with E-state index in [-0.39, 0.29) is 12.1 Å². The summed E-state index contributed by atoms with van der Waals surface area (Å²) in [6.07, 6.45) is 3.88. The molecule has 2 aromatic rings. The van der Waals surface area contributed by atoms with Gasteiger partial charge in [-0.15, -0.1) is 0 Å². The van der Waals surface area contributed by atoms with Crippen LogP contribution in [0.25, 0.3) is 0 Å². The Labute approximate surface area is 219 Å². The van der Waals surface area contributed by atoms with Crippen molar-refractivity contribution in [1.82, 2.24) is 14.5 Å². The number of halogens is 2. The molecule has 1 unspecified atom stereocenters. The average molecular weight is 540 g/mol. The van der Waals surface area contributed by atoms with Crippen molar-refractivity contribution >= 4 is 45.9 Å². The molecule has 35 heavy (non-hydrogen) atoms. The fourth-order valence-electron chi connectivity index (χ4n) is 4.72. The lowest BCUT2D eigenvalue weighted by atomic mass is 9.99. The van der Waals surface area contributed by atoms with Gasteiger partial charge in [-0.1, -0.05) is 35.3 Å². The number of anilines is 1. The van der Waals surface area contributed by atoms with Crippen LogP contribution < -0.4 is 14.4 Å². The van der Waals surface area contributed by atoms with Gasteiger partial charge in [-0.05, 0) is 49.9 Å². The van der Waals surface area contributed by atoms with Gasteiger partial charge in [0.05, 0.1) is 20.6 Å². The molecule has 4 rings (SSSR count). The molecule has 2 aliphatic rings. The quantitative estimate of drug-likeness (QED) is 0.572. The highest BCUT2D eigenvalue weighted by atomic mass is 35.5. The lowest BCUT2D eigenvalue weighted by Gasteiger charge is -2.41. The summed E-state index contributed by atoms with van der Waals surface area (Å²) in [5, 5.41) is 1.03. The van der Waals surface area contributed by atoms with Gasteiger partial charge in [-0.3, -0.25) is 9.62 Å². The first kappa shape index (κ1) is 26.1. The highest BCUT2D eigenvalue weighted by Gasteiger charge is 2.31. The highest BCUT2D eigenvalue weighted by Crippen LogP contribution is 2.29. The molecular formula is C25H32Cl2N4O3S. The molecule has 2 aromatic carbocycles. The van der Waals surface area contributed by atoms with Crippen molar-refractivity contribution in [2.24, 2.45) is 0 Å². The predicted molar refractivity (Wildman–Crippen MR) is 142 cm³/mol. The van der Waals surface area contributed by atoms with Crippen LogP contribution in [-0.2, 0) is 11.0 Å². The summed E-state index contributed by atoms with van der Waals surface area (Å²) in [7, 11) is 2.18. The number of rotatable bonds is 6. The number of para-hydroxylation sites is 1. The van der Waals surface area contributed by atoms with Gasteiger partial charge in [-0.25, -0.2) is 9.00 Å². The third-order valence-electron chi connectivity index (χ3n) is 6.67. The van der Waals surface area contributed by atoms with E-state index in [4.69, 9.17) is 27.9 Å². The molecule has 2 saturated heterocycles. The molecule has 2 aliphatic heterocycles. The molecule has 1 atom stereocenters. The Bertz CT molecular complexity index is 1050. The van der Waals surface area contributed by atoms with Gasteiger partial charge in [0, 0.05) is 52.4 Å². The molecule has 0 radical (unpaired) electrons. The lowest BCUT2D eigenvalue weighted by molar-refractivity contribution is 0.0540. The fourth-order valence-corrected chi connectivity index (χ4v) is 6.05. The Morgan fingerprint density at radius 1 is 1.00 bits per heavy atom. The molecule has 2 heterocycles. The topological polar surface area (TPSA) is 65.1 Å². The highest BCUT2D eigenvalue weighted by molar-refractivity contribution is 7.83. The van der Waals surface area contributed by atoms with Crippen LogP contribution >= 0.6 is 23.2 Å². The minimum absolute atomic E-state index is 0.161. The van der Waals surface area contributed by atoms with E-state index in [2.05, 4.69) is 9.62 Å². The van der Waals surface area contributed by atoms with Crippen molar-refractivity contribution < 1.29 is 13.7 Å². The van der Waals surface area contributed by atoms with Crippen LogP contribution in [0.3, 0.4) is 0 Å². The molecule has 2 fully saturated rings. The molecule has 0 aromatic heterocycles. The molecule has 190 valence electrons. The third-order valence-corrected chi connectivity index (χ3v) is 8.51. The number of carbonyl (C=O) groups excluding carboxylic acids is 1. The third kappa shape index (κ3) is 6.61. The number of carbonyl (C=O) groups is 1. The summed E-state index contributed by atoms with van der Waals surface area (Å²) in [6.45, 7) is 3.24. The SMILES string of the molecule is CN(C)c1ccccc1S(=O)NC(=O)N1CCC(N2CCC(Oc3ccc(Cl)c(Cl)c3)CC2)CC1. The van der Waals surface area contributed by atoms with Crippen LogP contribution in [-0.4, -0.2) is 72.5 Å². The molecule has 10 heteroatoms. The second kappa shape index (κ2) is 11.8. The Hall–Kier alpha value is -2.00. The summed E-state index contributed by atoms with van der Waals surface area (Å²) in [5.74, 6) is 0.753. The Kier molecular flexibility index (Phi) is 8.81. The zero-order valence-electron chi connectivity index (χ0n) is 20.1. The number of nitrogens with one attached hydrogen (secondary N) is 1. The van der Waals surface area contributed by atoms with Crippen LogP contribution in [0.2, 0.25) is 10.0 Å². The monoisotopic (exact) mass is 538 g/mol. The molecule has 7 nitrogen and oxygen atoms in total. The molecule has 1 N–H and O–H groups in total. The average Bonchev–Trinajstić information content (AvgIpc) is 2.87. The maximum Gasteiger partial charge on any atom is 0.329 e. The zero-order chi connectivity index (χ0) is 24.9. The zero-order valence-corrected chi connectivity index (χ0v) is 22.4. The van der Waals surface area contributed by atoms with E-state index in [9.17, 15) is 9.00 Å². The molecule has 0 spiro atoms. The normalized spacial score (nSPS) is 18.8. The van der Waals surface area contributed by atoms with Gasteiger partial charge in [0.25, 0.3) is 0 Å². The minimum atomic E-state index is -1.61. The van der Waals surface area contributed by atoms with Crippen LogP contribution in [0.15, 0.2) is 47.4 Å². The van der Waals surface area contributed by atoms with Gasteiger partial charge in [0.1, 0.15) is 11.9 Å². The van der Waals surface area contributed by atoms with Gasteiger partial charge >= 0.3 is 6.03 Å². The first-order valence-electron chi connectivity index (χ1n) is 11.9. The molecule has 0 saturated carbocycles. The van der Waals surface area contributed by atoms with E-state index in [1.807, 2.05) is 43.3 Å². The van der Waals surface area contributed by atoms with Gasteiger partial charge in [-0.2, -0.15) is 0 Å². The molecule has 0 aliphatic carbocycles. The van der Waals surface area contributed by atoms with Crippen LogP contribution in [0.5, 0.6) is 5.75 Å². The van der Waals surface area contributed by atoms with Gasteiger partial charge < -0.3 is 14.5 Å². The van der Waals surface area contributed by atoms with E-state index in [1.54, 1.807) is 23.1 Å². The number of urea groups is 1. The van der Waals surface area contributed by atoms with Crippen molar-refractivity contribution in [3.05, 3.63) is 52.5 Å². The number of amides is 2. The number of nitrogens with zero attached hydrogens (tertiary/aromatic N) is 3. The Morgan fingerprint density at radius 2 is 1.69 bits per heavy atom. The number of hydrogen-bond acceptors (Lipinski definition) is 5. The van der Waals surface area contributed by atoms with Crippen molar-refractivity contribution in [3.63, 3.8) is 0 Å². The predicted octanol–water partition coefficient (Wildman–Crippen LogP) is 4.80. The number of piperidine rings is 2. The second-order valence-corrected chi connectivity index (χ2v) is 11.2. The van der Waals surface area contributed by atoms with Crippen LogP contribution in [0.1, 0.15) is 25.7 Å². The maximum absolute atomic E-state index is 12.8. The summed E-state index contributed by atoms with van der Waals surface area (Å²) in [6, 6.07) is 13.0. The van der Waals surface area contributed by atoms with Crippen molar-refractivity contribution in [2.45, 2.75) is 42.7 Å². The number of likely N-dealkylation sites (tertiary alicyclic amines) is 2. The van der Waals surface area contributed by atoms with Crippen LogP contribution in [0.4, 0.5) is 10.5 Å². The summed E-state index contributed by atoms with van der Waals surface area (Å²) in [5.41, 5.74) is 0.830. The van der Waals surface area contributed by atoms with E-state index in [0.29, 0.717) is 34.1 Å².